The molecule has 2 N–H and O–H groups in total. The number of benzene rings is 1. The van der Waals surface area contributed by atoms with Crippen molar-refractivity contribution in [3.63, 3.8) is 0 Å². The molecule has 1 heterocycles. The highest BCUT2D eigenvalue weighted by atomic mass is 79.9. The molecule has 0 fully saturated rings. The minimum atomic E-state index is 0.375. The lowest BCUT2D eigenvalue weighted by molar-refractivity contribution is 0.235. The van der Waals surface area contributed by atoms with Gasteiger partial charge in [-0.1, -0.05) is 33.6 Å². The molecule has 0 aliphatic rings. The first-order valence-electron chi connectivity index (χ1n) is 4.69. The van der Waals surface area contributed by atoms with Crippen LogP contribution in [0.4, 0.5) is 5.69 Å². The molecule has 3 nitrogen and oxygen atoms in total. The Hall–Kier alpha value is -0.880. The quantitative estimate of drug-likeness (QED) is 0.491. The van der Waals surface area contributed by atoms with Crippen LogP contribution in [0.2, 0.25) is 4.34 Å². The second-order valence-corrected chi connectivity index (χ2v) is 5.79. The van der Waals surface area contributed by atoms with Crippen molar-refractivity contribution in [3.05, 3.63) is 50.1 Å². The SMILES string of the molecule is ONC(=Nc1cccc(Br)c1)c1ccc(Cl)s1. The van der Waals surface area contributed by atoms with Gasteiger partial charge in [-0.15, -0.1) is 11.3 Å². The summed E-state index contributed by atoms with van der Waals surface area (Å²) < 4.78 is 1.58. The summed E-state index contributed by atoms with van der Waals surface area (Å²) in [6, 6.07) is 11.0. The summed E-state index contributed by atoms with van der Waals surface area (Å²) >= 11 is 10.5. The number of nitrogens with one attached hydrogen (secondary N) is 1. The summed E-state index contributed by atoms with van der Waals surface area (Å²) in [4.78, 5) is 5.07. The molecule has 0 saturated heterocycles. The zero-order valence-corrected chi connectivity index (χ0v) is 11.7. The molecule has 0 aliphatic carbocycles. The highest BCUT2D eigenvalue weighted by molar-refractivity contribution is 9.10. The lowest BCUT2D eigenvalue weighted by Gasteiger charge is -2.02. The van der Waals surface area contributed by atoms with E-state index >= 15 is 0 Å². The number of rotatable bonds is 2. The summed E-state index contributed by atoms with van der Waals surface area (Å²) in [6.07, 6.45) is 0. The van der Waals surface area contributed by atoms with E-state index in [1.807, 2.05) is 24.3 Å². The van der Waals surface area contributed by atoms with Crippen molar-refractivity contribution < 1.29 is 5.21 Å². The fourth-order valence-electron chi connectivity index (χ4n) is 1.25. The normalized spacial score (nSPS) is 11.6. The first-order valence-corrected chi connectivity index (χ1v) is 6.68. The molecule has 0 radical (unpaired) electrons. The fraction of sp³-hybridized carbons (Fsp3) is 0. The van der Waals surface area contributed by atoms with E-state index in [0.29, 0.717) is 10.2 Å². The minimum Gasteiger partial charge on any atom is -0.290 e. The monoisotopic (exact) mass is 330 g/mol. The topological polar surface area (TPSA) is 44.6 Å². The van der Waals surface area contributed by atoms with Crippen molar-refractivity contribution in [1.82, 2.24) is 5.48 Å². The van der Waals surface area contributed by atoms with Crippen LogP contribution in [0.3, 0.4) is 0 Å². The van der Waals surface area contributed by atoms with Gasteiger partial charge in [-0.05, 0) is 30.3 Å². The molecule has 0 spiro atoms. The van der Waals surface area contributed by atoms with Crippen LogP contribution in [0, 0.1) is 0 Å². The smallest absolute Gasteiger partial charge is 0.167 e. The molecular formula is C11H8BrClN2OS. The van der Waals surface area contributed by atoms with E-state index in [4.69, 9.17) is 16.8 Å². The van der Waals surface area contributed by atoms with Crippen LogP contribution in [-0.4, -0.2) is 11.0 Å². The van der Waals surface area contributed by atoms with Crippen LogP contribution in [0.25, 0.3) is 0 Å². The van der Waals surface area contributed by atoms with E-state index in [2.05, 4.69) is 26.4 Å². The maximum Gasteiger partial charge on any atom is 0.167 e. The lowest BCUT2D eigenvalue weighted by Crippen LogP contribution is -2.18. The molecule has 1 aromatic carbocycles. The number of nitrogens with zero attached hydrogens (tertiary/aromatic N) is 1. The van der Waals surface area contributed by atoms with Crippen LogP contribution in [0.5, 0.6) is 0 Å². The summed E-state index contributed by atoms with van der Waals surface area (Å²) in [6.45, 7) is 0. The average molecular weight is 332 g/mol. The van der Waals surface area contributed by atoms with Crippen LogP contribution < -0.4 is 5.48 Å². The van der Waals surface area contributed by atoms with Crippen molar-refractivity contribution >= 4 is 50.4 Å². The minimum absolute atomic E-state index is 0.375. The van der Waals surface area contributed by atoms with Gasteiger partial charge in [-0.25, -0.2) is 4.99 Å². The van der Waals surface area contributed by atoms with Gasteiger partial charge in [0.15, 0.2) is 5.84 Å². The predicted octanol–water partition coefficient (Wildman–Crippen LogP) is 4.22. The second-order valence-electron chi connectivity index (χ2n) is 3.16. The van der Waals surface area contributed by atoms with Crippen molar-refractivity contribution in [2.24, 2.45) is 4.99 Å². The average Bonchev–Trinajstić information content (AvgIpc) is 2.73. The summed E-state index contributed by atoms with van der Waals surface area (Å²) in [5, 5.41) is 9.09. The molecule has 0 unspecified atom stereocenters. The van der Waals surface area contributed by atoms with Crippen molar-refractivity contribution in [1.29, 1.82) is 0 Å². The Morgan fingerprint density at radius 1 is 1.35 bits per heavy atom. The predicted molar refractivity (Wildman–Crippen MR) is 74.6 cm³/mol. The molecule has 0 aliphatic heterocycles. The van der Waals surface area contributed by atoms with Gasteiger partial charge in [0.25, 0.3) is 0 Å². The Bertz CT molecular complexity index is 556. The van der Waals surface area contributed by atoms with Gasteiger partial charge in [0.05, 0.1) is 14.9 Å². The number of thiophene rings is 1. The highest BCUT2D eigenvalue weighted by Crippen LogP contribution is 2.24. The molecule has 2 aromatic rings. The number of halogens is 2. The Kier molecular flexibility index (Phi) is 4.17. The Labute approximate surface area is 116 Å². The first-order chi connectivity index (χ1) is 8.19. The molecule has 0 atom stereocenters. The molecule has 1 aromatic heterocycles. The summed E-state index contributed by atoms with van der Waals surface area (Å²) in [5.74, 6) is 0.375. The van der Waals surface area contributed by atoms with Crippen molar-refractivity contribution in [2.45, 2.75) is 0 Å². The van der Waals surface area contributed by atoms with E-state index < -0.39 is 0 Å². The maximum absolute atomic E-state index is 9.09. The van der Waals surface area contributed by atoms with Crippen LogP contribution in [0.1, 0.15) is 4.88 Å². The number of hydroxylamine groups is 1. The molecule has 0 bridgehead atoms. The van der Waals surface area contributed by atoms with Crippen LogP contribution in [0.15, 0.2) is 45.9 Å². The lowest BCUT2D eigenvalue weighted by atomic mass is 10.3. The van der Waals surface area contributed by atoms with Crippen LogP contribution in [-0.2, 0) is 0 Å². The van der Waals surface area contributed by atoms with Gasteiger partial charge in [-0.2, -0.15) is 0 Å². The molecule has 0 saturated carbocycles. The van der Waals surface area contributed by atoms with Crippen molar-refractivity contribution in [3.8, 4) is 0 Å². The van der Waals surface area contributed by atoms with Gasteiger partial charge in [0.1, 0.15) is 0 Å². The third-order valence-corrected chi connectivity index (χ3v) is 3.69. The number of hydrogen-bond donors (Lipinski definition) is 2. The van der Waals surface area contributed by atoms with Crippen molar-refractivity contribution in [2.75, 3.05) is 0 Å². The van der Waals surface area contributed by atoms with E-state index in [1.165, 1.54) is 11.3 Å². The van der Waals surface area contributed by atoms with Gasteiger partial charge in [0.2, 0.25) is 0 Å². The zero-order valence-electron chi connectivity index (χ0n) is 8.52. The number of amidine groups is 1. The molecule has 17 heavy (non-hydrogen) atoms. The highest BCUT2D eigenvalue weighted by Gasteiger charge is 2.06. The maximum atomic E-state index is 9.09. The van der Waals surface area contributed by atoms with Gasteiger partial charge in [0, 0.05) is 4.47 Å². The summed E-state index contributed by atoms with van der Waals surface area (Å²) in [7, 11) is 0. The largest absolute Gasteiger partial charge is 0.290 e. The molecule has 88 valence electrons. The summed E-state index contributed by atoms with van der Waals surface area (Å²) in [5.41, 5.74) is 2.82. The van der Waals surface area contributed by atoms with Gasteiger partial charge < -0.3 is 0 Å². The molecule has 0 amide bonds. The standard InChI is InChI=1S/C11H8BrClN2OS/c12-7-2-1-3-8(6-7)14-11(15-16)9-4-5-10(13)17-9/h1-6,16H,(H,14,15). The van der Waals surface area contributed by atoms with E-state index in [1.54, 1.807) is 12.1 Å². The molecule has 2 rings (SSSR count). The van der Waals surface area contributed by atoms with Gasteiger partial charge >= 0.3 is 0 Å². The van der Waals surface area contributed by atoms with E-state index in [0.717, 1.165) is 15.0 Å². The van der Waals surface area contributed by atoms with Crippen LogP contribution >= 0.6 is 38.9 Å². The first kappa shape index (κ1) is 12.6. The van der Waals surface area contributed by atoms with Gasteiger partial charge in [-0.3, -0.25) is 10.7 Å². The number of aliphatic imine (C=N–C) groups is 1. The third-order valence-electron chi connectivity index (χ3n) is 1.96. The molecule has 6 heteroatoms. The second kappa shape index (κ2) is 5.64. The Balaban J connectivity index is 2.36. The Morgan fingerprint density at radius 3 is 2.76 bits per heavy atom. The fourth-order valence-corrected chi connectivity index (χ4v) is 2.62. The Morgan fingerprint density at radius 2 is 2.18 bits per heavy atom. The number of hydrogen-bond acceptors (Lipinski definition) is 3. The third kappa shape index (κ3) is 3.29. The van der Waals surface area contributed by atoms with E-state index in [9.17, 15) is 0 Å². The van der Waals surface area contributed by atoms with E-state index in [-0.39, 0.29) is 0 Å². The zero-order chi connectivity index (χ0) is 12.3. The molecular weight excluding hydrogens is 324 g/mol.